The van der Waals surface area contributed by atoms with Crippen LogP contribution in [0.5, 0.6) is 0 Å². The highest BCUT2D eigenvalue weighted by molar-refractivity contribution is 8.00. The summed E-state index contributed by atoms with van der Waals surface area (Å²) in [4.78, 5) is 100. The van der Waals surface area contributed by atoms with Crippen LogP contribution in [0.4, 0.5) is 16.2 Å². The molecule has 0 aliphatic carbocycles. The van der Waals surface area contributed by atoms with Gasteiger partial charge < -0.3 is 52.7 Å². The maximum absolute atomic E-state index is 13.8. The molecule has 2 aliphatic rings. The van der Waals surface area contributed by atoms with Gasteiger partial charge in [-0.3, -0.25) is 38.9 Å². The molecule has 2 aromatic rings. The Morgan fingerprint density at radius 2 is 1.62 bits per heavy atom. The number of anilines is 1. The Labute approximate surface area is 348 Å². The summed E-state index contributed by atoms with van der Waals surface area (Å²) in [5.41, 5.74) is 5.01. The van der Waals surface area contributed by atoms with Crippen molar-refractivity contribution < 1.29 is 53.3 Å². The number of fused-ring (bicyclic) bond motifs is 2. The number of amides is 6. The van der Waals surface area contributed by atoms with Crippen molar-refractivity contribution in [1.82, 2.24) is 42.2 Å². The zero-order valence-electron chi connectivity index (χ0n) is 33.2. The predicted octanol–water partition coefficient (Wildman–Crippen LogP) is 0.112. The number of aromatic nitrogens is 2. The van der Waals surface area contributed by atoms with Crippen LogP contribution in [0.2, 0.25) is 0 Å². The Hall–Kier alpha value is -5.78. The average Bonchev–Trinajstić information content (AvgIpc) is 3.93. The molecule has 0 radical (unpaired) electrons. The summed E-state index contributed by atoms with van der Waals surface area (Å²) in [5.74, 6) is -4.09. The van der Waals surface area contributed by atoms with E-state index in [4.69, 9.17) is 15.5 Å². The number of aliphatic carboxylic acids is 2. The van der Waals surface area contributed by atoms with E-state index >= 15 is 0 Å². The summed E-state index contributed by atoms with van der Waals surface area (Å²) in [7, 11) is 1.37. The van der Waals surface area contributed by atoms with Crippen LogP contribution in [0.15, 0.2) is 16.8 Å². The van der Waals surface area contributed by atoms with Crippen LogP contribution in [0.3, 0.4) is 0 Å². The average molecular weight is 864 g/mol. The first kappa shape index (κ1) is 46.9. The van der Waals surface area contributed by atoms with Gasteiger partial charge in [-0.2, -0.15) is 11.8 Å². The fourth-order valence-corrected chi connectivity index (χ4v) is 8.60. The molecule has 0 bridgehead atoms. The summed E-state index contributed by atoms with van der Waals surface area (Å²) in [6.07, 6.45) is 3.42. The van der Waals surface area contributed by atoms with Crippen LogP contribution >= 0.6 is 11.8 Å². The van der Waals surface area contributed by atoms with Gasteiger partial charge in [-0.15, -0.1) is 0 Å². The number of hydrogen-bond acceptors (Lipinski definition) is 15. The van der Waals surface area contributed by atoms with Crippen LogP contribution in [-0.4, -0.2) is 135 Å². The molecule has 23 nitrogen and oxygen atoms in total. The summed E-state index contributed by atoms with van der Waals surface area (Å²) in [6.45, 7) is 0.375. The number of carboxylic acid groups (broad SMARTS) is 2. The first-order chi connectivity index (χ1) is 28.7. The van der Waals surface area contributed by atoms with Gasteiger partial charge in [0.2, 0.25) is 29.1 Å². The largest absolute Gasteiger partial charge is 0.481 e. The minimum Gasteiger partial charge on any atom is -0.481 e. The molecule has 1 aromatic heterocycles. The number of nitro groups is 1. The van der Waals surface area contributed by atoms with Crippen molar-refractivity contribution in [1.29, 1.82) is 0 Å². The van der Waals surface area contributed by atoms with Crippen LogP contribution < -0.4 is 42.5 Å². The molecule has 10 N–H and O–H groups in total. The lowest BCUT2D eigenvalue weighted by molar-refractivity contribution is -0.383. The van der Waals surface area contributed by atoms with Gasteiger partial charge in [0.1, 0.15) is 18.1 Å². The molecule has 4 rings (SSSR count). The van der Waals surface area contributed by atoms with Crippen molar-refractivity contribution in [3.8, 4) is 0 Å². The second kappa shape index (κ2) is 23.1. The lowest BCUT2D eigenvalue weighted by Gasteiger charge is -2.30. The van der Waals surface area contributed by atoms with Crippen LogP contribution in [0.1, 0.15) is 77.0 Å². The molecular weight excluding hydrogens is 811 g/mol. The Morgan fingerprint density at radius 1 is 0.917 bits per heavy atom. The molecule has 330 valence electrons. The van der Waals surface area contributed by atoms with E-state index < -0.39 is 64.8 Å². The molecule has 2 aliphatic heterocycles. The molecule has 24 heteroatoms. The number of rotatable bonds is 27. The number of nitrogens with one attached hydrogen (secondary N) is 6. The standard InChI is InChI=1S/C36H53N11O12S/c1-46(23-12-13-24(47(57)58)32-31(23)44-59-45-32)25(18-29(51)52)35(55)41-21(8-4-6-15-37)34(54)40-20(33(53)39-17-14-28(49)50)9-5-7-16-38-27(48)11-3-2-10-26-30-22(19-60-26)42-36(56)43-30/h12-13,20-22,25-26,30H,2-11,14-19,37H2,1H3,(H,38,48)(H,39,53)(H,40,54)(H,41,55)(H,49,50)(H,51,52)(H2,42,43,56)/t20-,21-,22?,25-,26?,30?/m0/s1. The van der Waals surface area contributed by atoms with Gasteiger partial charge in [0.05, 0.1) is 35.5 Å². The third kappa shape index (κ3) is 13.6. The van der Waals surface area contributed by atoms with Crippen LogP contribution in [-0.2, 0) is 28.8 Å². The Kier molecular flexibility index (Phi) is 18.1. The van der Waals surface area contributed by atoms with Crippen molar-refractivity contribution in [3.63, 3.8) is 0 Å². The van der Waals surface area contributed by atoms with E-state index in [-0.39, 0.29) is 73.1 Å². The quantitative estimate of drug-likeness (QED) is 0.0249. The van der Waals surface area contributed by atoms with Gasteiger partial charge in [0.15, 0.2) is 5.52 Å². The number of urea groups is 1. The number of nitro benzene ring substituents is 1. The second-order valence-electron chi connectivity index (χ2n) is 14.6. The molecule has 6 atom stereocenters. The van der Waals surface area contributed by atoms with Crippen molar-refractivity contribution in [2.75, 3.05) is 37.3 Å². The highest BCUT2D eigenvalue weighted by Crippen LogP contribution is 2.34. The van der Waals surface area contributed by atoms with E-state index in [0.717, 1.165) is 24.7 Å². The normalized spacial score (nSPS) is 18.3. The fraction of sp³-hybridized carbons (Fsp3) is 0.639. The van der Waals surface area contributed by atoms with E-state index in [0.29, 0.717) is 50.3 Å². The smallest absolute Gasteiger partial charge is 0.315 e. The van der Waals surface area contributed by atoms with E-state index in [1.165, 1.54) is 18.0 Å². The van der Waals surface area contributed by atoms with E-state index in [1.807, 2.05) is 11.8 Å². The van der Waals surface area contributed by atoms with Crippen molar-refractivity contribution in [3.05, 3.63) is 22.2 Å². The molecule has 6 amide bonds. The highest BCUT2D eigenvalue weighted by atomic mass is 32.2. The zero-order chi connectivity index (χ0) is 43.8. The minimum atomic E-state index is -1.47. The SMILES string of the molecule is CN(c1ccc([N+](=O)[O-])c2nonc12)[C@@H](CC(=O)O)C(=O)N[C@@H](CCCCN)C(=O)N[C@@H](CCCCNC(=O)CCCCC1SCC2NC(=O)NC21)C(=O)NCCC(=O)O. The van der Waals surface area contributed by atoms with Gasteiger partial charge in [-0.1, -0.05) is 6.42 Å². The number of carboxylic acids is 2. The molecule has 1 aromatic carbocycles. The zero-order valence-corrected chi connectivity index (χ0v) is 34.0. The monoisotopic (exact) mass is 863 g/mol. The number of benzene rings is 1. The highest BCUT2D eigenvalue weighted by Gasteiger charge is 2.42. The number of carbonyl (C=O) groups is 7. The van der Waals surface area contributed by atoms with E-state index in [2.05, 4.69) is 42.2 Å². The number of unbranched alkanes of at least 4 members (excludes halogenated alkanes) is 3. The topological polar surface area (TPSA) is 343 Å². The minimum absolute atomic E-state index is 0.0566. The first-order valence-corrected chi connectivity index (χ1v) is 20.8. The maximum atomic E-state index is 13.8. The lowest BCUT2D eigenvalue weighted by atomic mass is 10.0. The third-order valence-electron chi connectivity index (χ3n) is 10.3. The van der Waals surface area contributed by atoms with Gasteiger partial charge in [-0.05, 0) is 74.3 Å². The summed E-state index contributed by atoms with van der Waals surface area (Å²) >= 11 is 1.82. The van der Waals surface area contributed by atoms with Crippen molar-refractivity contribution >= 4 is 75.8 Å². The number of thioether (sulfide) groups is 1. The summed E-state index contributed by atoms with van der Waals surface area (Å²) in [6, 6.07) is -1.41. The lowest BCUT2D eigenvalue weighted by Crippen LogP contribution is -2.56. The number of hydrogen-bond donors (Lipinski definition) is 9. The van der Waals surface area contributed by atoms with Gasteiger partial charge in [0.25, 0.3) is 0 Å². The molecule has 2 saturated heterocycles. The fourth-order valence-electron chi connectivity index (χ4n) is 7.06. The summed E-state index contributed by atoms with van der Waals surface area (Å²) in [5, 5.41) is 54.4. The number of likely N-dealkylation sites (N-methyl/N-ethyl adjacent to an activating group) is 1. The molecule has 2 fully saturated rings. The first-order valence-electron chi connectivity index (χ1n) is 19.8. The van der Waals surface area contributed by atoms with E-state index in [9.17, 15) is 48.8 Å². The van der Waals surface area contributed by atoms with Crippen molar-refractivity contribution in [2.45, 2.75) is 113 Å². The molecular formula is C36H53N11O12S. The maximum Gasteiger partial charge on any atom is 0.315 e. The number of nitrogens with two attached hydrogens (primary N) is 1. The Bertz CT molecular complexity index is 1870. The molecule has 3 heterocycles. The second-order valence-corrected chi connectivity index (χ2v) is 15.9. The van der Waals surface area contributed by atoms with Crippen LogP contribution in [0.25, 0.3) is 11.0 Å². The molecule has 0 saturated carbocycles. The van der Waals surface area contributed by atoms with Crippen molar-refractivity contribution in [2.24, 2.45) is 5.73 Å². The predicted molar refractivity (Wildman–Crippen MR) is 216 cm³/mol. The molecule has 0 spiro atoms. The van der Waals surface area contributed by atoms with E-state index in [1.54, 1.807) is 0 Å². The molecule has 60 heavy (non-hydrogen) atoms. The Balaban J connectivity index is 1.35. The van der Waals surface area contributed by atoms with Gasteiger partial charge >= 0.3 is 23.7 Å². The number of carbonyl (C=O) groups excluding carboxylic acids is 5. The Morgan fingerprint density at radius 3 is 2.32 bits per heavy atom. The van der Waals surface area contributed by atoms with Crippen LogP contribution in [0, 0.1) is 10.1 Å². The van der Waals surface area contributed by atoms with Gasteiger partial charge in [-0.25, -0.2) is 9.42 Å². The third-order valence-corrected chi connectivity index (χ3v) is 11.8. The summed E-state index contributed by atoms with van der Waals surface area (Å²) < 4.78 is 4.71. The van der Waals surface area contributed by atoms with Gasteiger partial charge in [0, 0.05) is 43.6 Å². The number of non-ortho nitro benzene ring substituents is 1. The number of nitrogens with zero attached hydrogens (tertiary/aromatic N) is 4. The molecule has 3 unspecified atom stereocenters.